The molecule has 0 radical (unpaired) electrons. The number of methoxy groups -OCH3 is 1. The molecule has 2 heterocycles. The van der Waals surface area contributed by atoms with Gasteiger partial charge >= 0.3 is 5.97 Å². The van der Waals surface area contributed by atoms with Crippen molar-refractivity contribution in [2.45, 2.75) is 19.9 Å². The van der Waals surface area contributed by atoms with E-state index in [0.29, 0.717) is 5.69 Å². The van der Waals surface area contributed by atoms with Crippen molar-refractivity contribution in [3.05, 3.63) is 40.6 Å². The zero-order chi connectivity index (χ0) is 16.0. The van der Waals surface area contributed by atoms with E-state index < -0.39 is 23.8 Å². The minimum Gasteiger partial charge on any atom is -0.464 e. The van der Waals surface area contributed by atoms with Crippen LogP contribution in [-0.4, -0.2) is 30.9 Å². The number of anilines is 1. The van der Waals surface area contributed by atoms with Crippen LogP contribution in [0.2, 0.25) is 0 Å². The highest BCUT2D eigenvalue weighted by Gasteiger charge is 2.50. The largest absolute Gasteiger partial charge is 0.464 e. The van der Waals surface area contributed by atoms with E-state index in [2.05, 4.69) is 15.6 Å². The standard InChI is InChI=1S/C15H15N3O4/c1-7-4-5-9(6-8(7)2)18-13(19)10-11(14(18)20)16-17-12(10)15(21)22-3/h4-6,11,16-17H,1-3H3. The third-order valence-electron chi connectivity index (χ3n) is 3.94. The fourth-order valence-electron chi connectivity index (χ4n) is 2.57. The van der Waals surface area contributed by atoms with E-state index in [9.17, 15) is 14.4 Å². The van der Waals surface area contributed by atoms with Gasteiger partial charge in [0.2, 0.25) is 0 Å². The number of hydrazine groups is 1. The molecule has 2 aliphatic rings. The van der Waals surface area contributed by atoms with Crippen LogP contribution >= 0.6 is 0 Å². The maximum atomic E-state index is 12.6. The SMILES string of the molecule is COC(=O)C1=C2C(=O)N(c3ccc(C)c(C)c3)C(=O)C2NN1. The van der Waals surface area contributed by atoms with Gasteiger partial charge in [-0.05, 0) is 37.1 Å². The van der Waals surface area contributed by atoms with Crippen LogP contribution < -0.4 is 15.8 Å². The molecule has 2 aliphatic heterocycles. The van der Waals surface area contributed by atoms with Crippen LogP contribution in [-0.2, 0) is 19.1 Å². The van der Waals surface area contributed by atoms with Crippen LogP contribution in [0.3, 0.4) is 0 Å². The van der Waals surface area contributed by atoms with Gasteiger partial charge in [0.05, 0.1) is 18.4 Å². The third-order valence-corrected chi connectivity index (χ3v) is 3.94. The Morgan fingerprint density at radius 3 is 2.59 bits per heavy atom. The average molecular weight is 301 g/mol. The van der Waals surface area contributed by atoms with Crippen molar-refractivity contribution in [1.82, 2.24) is 10.9 Å². The Bertz CT molecular complexity index is 738. The lowest BCUT2D eigenvalue weighted by Gasteiger charge is -2.17. The Kier molecular flexibility index (Phi) is 3.22. The first kappa shape index (κ1) is 14.3. The molecule has 22 heavy (non-hydrogen) atoms. The molecule has 0 bridgehead atoms. The molecule has 0 aliphatic carbocycles. The lowest BCUT2D eigenvalue weighted by atomic mass is 10.1. The van der Waals surface area contributed by atoms with Crippen molar-refractivity contribution in [3.63, 3.8) is 0 Å². The lowest BCUT2D eigenvalue weighted by molar-refractivity contribution is -0.137. The zero-order valence-corrected chi connectivity index (χ0v) is 12.4. The summed E-state index contributed by atoms with van der Waals surface area (Å²) in [5.41, 5.74) is 7.81. The first-order valence-corrected chi connectivity index (χ1v) is 6.75. The number of amides is 2. The number of hydrogen-bond acceptors (Lipinski definition) is 6. The number of nitrogens with zero attached hydrogens (tertiary/aromatic N) is 1. The van der Waals surface area contributed by atoms with Gasteiger partial charge in [-0.15, -0.1) is 0 Å². The van der Waals surface area contributed by atoms with Crippen LogP contribution in [0.25, 0.3) is 0 Å². The van der Waals surface area contributed by atoms with E-state index in [4.69, 9.17) is 0 Å². The number of benzene rings is 1. The highest BCUT2D eigenvalue weighted by Crippen LogP contribution is 2.31. The Labute approximate surface area is 126 Å². The van der Waals surface area contributed by atoms with Gasteiger partial charge in [0, 0.05) is 0 Å². The minimum atomic E-state index is -0.872. The summed E-state index contributed by atoms with van der Waals surface area (Å²) in [5, 5.41) is 0. The molecule has 114 valence electrons. The molecule has 3 rings (SSSR count). The Hall–Kier alpha value is -2.67. The third kappa shape index (κ3) is 1.90. The maximum Gasteiger partial charge on any atom is 0.356 e. The molecule has 0 spiro atoms. The number of carbonyl (C=O) groups excluding carboxylic acids is 3. The number of aryl methyl sites for hydroxylation is 2. The number of imide groups is 1. The molecular formula is C15H15N3O4. The Morgan fingerprint density at radius 2 is 1.95 bits per heavy atom. The average Bonchev–Trinajstić information content (AvgIpc) is 3.03. The van der Waals surface area contributed by atoms with Crippen molar-refractivity contribution in [2.75, 3.05) is 12.0 Å². The molecule has 0 aromatic heterocycles. The van der Waals surface area contributed by atoms with E-state index in [0.717, 1.165) is 16.0 Å². The number of esters is 1. The summed E-state index contributed by atoms with van der Waals surface area (Å²) in [4.78, 5) is 37.8. The first-order chi connectivity index (χ1) is 10.5. The summed E-state index contributed by atoms with van der Waals surface area (Å²) in [6, 6.07) is 4.46. The number of hydrogen-bond donors (Lipinski definition) is 2. The van der Waals surface area contributed by atoms with Crippen molar-refractivity contribution >= 4 is 23.5 Å². The zero-order valence-electron chi connectivity index (χ0n) is 12.4. The van der Waals surface area contributed by atoms with Gasteiger partial charge in [-0.3, -0.25) is 9.59 Å². The number of ether oxygens (including phenoxy) is 1. The van der Waals surface area contributed by atoms with Crippen molar-refractivity contribution in [3.8, 4) is 0 Å². The quantitative estimate of drug-likeness (QED) is 0.594. The van der Waals surface area contributed by atoms with Gasteiger partial charge in [0.1, 0.15) is 11.7 Å². The summed E-state index contributed by atoms with van der Waals surface area (Å²) >= 11 is 0. The summed E-state index contributed by atoms with van der Waals surface area (Å²) < 4.78 is 4.62. The summed E-state index contributed by atoms with van der Waals surface area (Å²) in [7, 11) is 1.22. The normalized spacial score (nSPS) is 20.3. The number of rotatable bonds is 2. The van der Waals surface area contributed by atoms with Gasteiger partial charge in [0.25, 0.3) is 11.8 Å². The number of fused-ring (bicyclic) bond motifs is 1. The number of carbonyl (C=O) groups is 3. The van der Waals surface area contributed by atoms with Gasteiger partial charge in [0.15, 0.2) is 0 Å². The molecular weight excluding hydrogens is 286 g/mol. The van der Waals surface area contributed by atoms with Gasteiger partial charge in [-0.1, -0.05) is 6.07 Å². The van der Waals surface area contributed by atoms with E-state index in [1.165, 1.54) is 7.11 Å². The molecule has 1 saturated heterocycles. The molecule has 1 fully saturated rings. The van der Waals surface area contributed by atoms with Crippen molar-refractivity contribution in [1.29, 1.82) is 0 Å². The molecule has 2 amide bonds. The second-order valence-electron chi connectivity index (χ2n) is 5.23. The van der Waals surface area contributed by atoms with Crippen LogP contribution in [0.5, 0.6) is 0 Å². The predicted molar refractivity (Wildman–Crippen MR) is 77.5 cm³/mol. The maximum absolute atomic E-state index is 12.6. The Balaban J connectivity index is 2.06. The molecule has 1 atom stereocenters. The number of nitrogens with one attached hydrogen (secondary N) is 2. The van der Waals surface area contributed by atoms with E-state index in [1.807, 2.05) is 19.9 Å². The van der Waals surface area contributed by atoms with E-state index in [1.54, 1.807) is 12.1 Å². The second-order valence-corrected chi connectivity index (χ2v) is 5.23. The highest BCUT2D eigenvalue weighted by molar-refractivity contribution is 6.32. The lowest BCUT2D eigenvalue weighted by Crippen LogP contribution is -2.42. The topological polar surface area (TPSA) is 87.7 Å². The highest BCUT2D eigenvalue weighted by atomic mass is 16.5. The van der Waals surface area contributed by atoms with Crippen LogP contribution in [0.4, 0.5) is 5.69 Å². The minimum absolute atomic E-state index is 0.0165. The molecule has 7 heteroatoms. The molecule has 1 aromatic carbocycles. The van der Waals surface area contributed by atoms with Crippen molar-refractivity contribution in [2.24, 2.45) is 0 Å². The predicted octanol–water partition coefficient (Wildman–Crippen LogP) is 0.0801. The second kappa shape index (κ2) is 4.96. The van der Waals surface area contributed by atoms with Gasteiger partial charge in [-0.25, -0.2) is 15.1 Å². The fourth-order valence-corrected chi connectivity index (χ4v) is 2.57. The summed E-state index contributed by atoms with van der Waals surface area (Å²) in [6.45, 7) is 3.86. The first-order valence-electron chi connectivity index (χ1n) is 6.75. The van der Waals surface area contributed by atoms with Crippen LogP contribution in [0.15, 0.2) is 29.5 Å². The molecule has 7 nitrogen and oxygen atoms in total. The molecule has 1 unspecified atom stereocenters. The van der Waals surface area contributed by atoms with Crippen LogP contribution in [0, 0.1) is 13.8 Å². The smallest absolute Gasteiger partial charge is 0.356 e. The molecule has 2 N–H and O–H groups in total. The monoisotopic (exact) mass is 301 g/mol. The van der Waals surface area contributed by atoms with Crippen LogP contribution in [0.1, 0.15) is 11.1 Å². The fraction of sp³-hybridized carbons (Fsp3) is 0.267. The summed E-state index contributed by atoms with van der Waals surface area (Å²) in [6.07, 6.45) is 0. The molecule has 0 saturated carbocycles. The molecule has 1 aromatic rings. The van der Waals surface area contributed by atoms with Gasteiger partial charge < -0.3 is 10.2 Å². The summed E-state index contributed by atoms with van der Waals surface area (Å²) in [5.74, 6) is -1.63. The van der Waals surface area contributed by atoms with Gasteiger partial charge in [-0.2, -0.15) is 0 Å². The Morgan fingerprint density at radius 1 is 1.23 bits per heavy atom. The van der Waals surface area contributed by atoms with Crippen molar-refractivity contribution < 1.29 is 19.1 Å². The van der Waals surface area contributed by atoms with E-state index in [-0.39, 0.29) is 11.3 Å². The van der Waals surface area contributed by atoms with E-state index >= 15 is 0 Å².